The normalized spacial score (nSPS) is 26.3. The van der Waals surface area contributed by atoms with Crippen LogP contribution in [0.2, 0.25) is 0 Å². The van der Waals surface area contributed by atoms with Crippen molar-refractivity contribution in [2.75, 3.05) is 32.7 Å². The SMILES string of the molecule is Cc1ccc2c3c(c(=O)oc2c1)CN(CCN1CC2CCC(CC2)C1)CC3. The maximum atomic E-state index is 12.6. The van der Waals surface area contributed by atoms with E-state index in [1.54, 1.807) is 0 Å². The highest BCUT2D eigenvalue weighted by atomic mass is 16.4. The first-order chi connectivity index (χ1) is 13.2. The summed E-state index contributed by atoms with van der Waals surface area (Å²) in [7, 11) is 0. The highest BCUT2D eigenvalue weighted by Gasteiger charge is 2.30. The van der Waals surface area contributed by atoms with Gasteiger partial charge >= 0.3 is 5.63 Å². The van der Waals surface area contributed by atoms with Gasteiger partial charge in [-0.1, -0.05) is 12.1 Å². The molecule has 1 aromatic heterocycles. The molecule has 4 heterocycles. The Bertz CT molecular complexity index is 881. The second-order valence-electron chi connectivity index (χ2n) is 9.02. The maximum Gasteiger partial charge on any atom is 0.341 e. The molecule has 4 aliphatic rings. The molecule has 1 aromatic carbocycles. The van der Waals surface area contributed by atoms with Gasteiger partial charge in [0.15, 0.2) is 0 Å². The lowest BCUT2D eigenvalue weighted by molar-refractivity contribution is 0.182. The monoisotopic (exact) mass is 366 g/mol. The van der Waals surface area contributed by atoms with Gasteiger partial charge in [-0.3, -0.25) is 4.90 Å². The number of fused-ring (bicyclic) bond motifs is 7. The zero-order valence-electron chi connectivity index (χ0n) is 16.4. The number of aryl methyl sites for hydroxylation is 1. The fourth-order valence-electron chi connectivity index (χ4n) is 5.49. The van der Waals surface area contributed by atoms with Crippen LogP contribution in [0.4, 0.5) is 0 Å². The average Bonchev–Trinajstić information content (AvgIpc) is 2.99. The number of rotatable bonds is 3. The Morgan fingerprint density at radius 1 is 1.00 bits per heavy atom. The van der Waals surface area contributed by atoms with Crippen LogP contribution < -0.4 is 5.63 Å². The molecule has 1 saturated carbocycles. The van der Waals surface area contributed by atoms with Gasteiger partial charge in [-0.2, -0.15) is 0 Å². The lowest BCUT2D eigenvalue weighted by Crippen LogP contribution is -2.40. The first kappa shape index (κ1) is 17.4. The maximum absolute atomic E-state index is 12.6. The number of hydrogen-bond donors (Lipinski definition) is 0. The van der Waals surface area contributed by atoms with Crippen LogP contribution in [-0.2, 0) is 13.0 Å². The zero-order chi connectivity index (χ0) is 18.4. The van der Waals surface area contributed by atoms with E-state index < -0.39 is 0 Å². The summed E-state index contributed by atoms with van der Waals surface area (Å²) in [4.78, 5) is 17.7. The molecule has 0 N–H and O–H groups in total. The van der Waals surface area contributed by atoms with E-state index in [9.17, 15) is 4.79 Å². The van der Waals surface area contributed by atoms with Crippen LogP contribution in [0.5, 0.6) is 0 Å². The van der Waals surface area contributed by atoms with E-state index in [-0.39, 0.29) is 5.63 Å². The summed E-state index contributed by atoms with van der Waals surface area (Å²) < 4.78 is 5.64. The van der Waals surface area contributed by atoms with Crippen LogP contribution in [-0.4, -0.2) is 42.5 Å². The van der Waals surface area contributed by atoms with Gasteiger partial charge in [-0.05, 0) is 68.1 Å². The first-order valence-electron chi connectivity index (χ1n) is 10.7. The molecule has 0 unspecified atom stereocenters. The summed E-state index contributed by atoms with van der Waals surface area (Å²) in [5, 5.41) is 1.12. The fourth-order valence-corrected chi connectivity index (χ4v) is 5.49. The molecule has 1 aliphatic carbocycles. The molecule has 3 aliphatic heterocycles. The van der Waals surface area contributed by atoms with Crippen LogP contribution in [0.1, 0.15) is 42.4 Å². The van der Waals surface area contributed by atoms with Gasteiger partial charge in [0.2, 0.25) is 0 Å². The Hall–Kier alpha value is -1.65. The fraction of sp³-hybridized carbons (Fsp3) is 0.609. The molecule has 6 rings (SSSR count). The van der Waals surface area contributed by atoms with Gasteiger partial charge < -0.3 is 9.32 Å². The van der Waals surface area contributed by atoms with Gasteiger partial charge in [-0.15, -0.1) is 0 Å². The largest absolute Gasteiger partial charge is 0.422 e. The van der Waals surface area contributed by atoms with E-state index in [4.69, 9.17) is 4.42 Å². The van der Waals surface area contributed by atoms with Crippen molar-refractivity contribution in [2.45, 2.75) is 45.6 Å². The van der Waals surface area contributed by atoms with Crippen molar-refractivity contribution in [1.82, 2.24) is 9.80 Å². The minimum absolute atomic E-state index is 0.138. The predicted octanol–water partition coefficient (Wildman–Crippen LogP) is 3.58. The van der Waals surface area contributed by atoms with Gasteiger partial charge in [0.1, 0.15) is 5.58 Å². The van der Waals surface area contributed by atoms with Crippen molar-refractivity contribution >= 4 is 11.0 Å². The summed E-state index contributed by atoms with van der Waals surface area (Å²) in [5.41, 5.74) is 3.83. The smallest absolute Gasteiger partial charge is 0.341 e. The Morgan fingerprint density at radius 2 is 1.70 bits per heavy atom. The van der Waals surface area contributed by atoms with Gasteiger partial charge in [0, 0.05) is 44.7 Å². The molecular weight excluding hydrogens is 336 g/mol. The van der Waals surface area contributed by atoms with E-state index >= 15 is 0 Å². The highest BCUT2D eigenvalue weighted by Crippen LogP contribution is 2.33. The average molecular weight is 367 g/mol. The summed E-state index contributed by atoms with van der Waals surface area (Å²) >= 11 is 0. The molecule has 0 radical (unpaired) electrons. The van der Waals surface area contributed by atoms with E-state index in [0.717, 1.165) is 66.5 Å². The minimum atomic E-state index is -0.138. The van der Waals surface area contributed by atoms with Crippen LogP contribution >= 0.6 is 0 Å². The molecule has 4 heteroatoms. The number of benzene rings is 1. The van der Waals surface area contributed by atoms with Crippen LogP contribution in [0.3, 0.4) is 0 Å². The zero-order valence-corrected chi connectivity index (χ0v) is 16.4. The topological polar surface area (TPSA) is 36.7 Å². The van der Waals surface area contributed by atoms with Gasteiger partial charge in [0.25, 0.3) is 0 Å². The molecule has 2 bridgehead atoms. The second-order valence-corrected chi connectivity index (χ2v) is 9.02. The minimum Gasteiger partial charge on any atom is -0.422 e. The van der Waals surface area contributed by atoms with Crippen molar-refractivity contribution in [3.63, 3.8) is 0 Å². The molecule has 144 valence electrons. The Morgan fingerprint density at radius 3 is 2.44 bits per heavy atom. The molecule has 2 aromatic rings. The summed E-state index contributed by atoms with van der Waals surface area (Å²) in [5.74, 6) is 1.85. The second kappa shape index (κ2) is 7.06. The molecule has 0 spiro atoms. The predicted molar refractivity (Wildman–Crippen MR) is 108 cm³/mol. The van der Waals surface area contributed by atoms with Crippen molar-refractivity contribution in [3.05, 3.63) is 45.3 Å². The van der Waals surface area contributed by atoms with Crippen LogP contribution in [0, 0.1) is 18.8 Å². The lowest BCUT2D eigenvalue weighted by Gasteiger charge is -2.31. The highest BCUT2D eigenvalue weighted by molar-refractivity contribution is 5.82. The van der Waals surface area contributed by atoms with E-state index in [1.165, 1.54) is 44.3 Å². The van der Waals surface area contributed by atoms with Crippen molar-refractivity contribution in [2.24, 2.45) is 11.8 Å². The number of hydrogen-bond acceptors (Lipinski definition) is 4. The first-order valence-corrected chi connectivity index (χ1v) is 10.7. The van der Waals surface area contributed by atoms with E-state index in [0.29, 0.717) is 0 Å². The summed E-state index contributed by atoms with van der Waals surface area (Å²) in [6.45, 7) is 8.59. The van der Waals surface area contributed by atoms with Crippen LogP contribution in [0.25, 0.3) is 11.0 Å². The van der Waals surface area contributed by atoms with Crippen molar-refractivity contribution in [3.8, 4) is 0 Å². The Balaban J connectivity index is 1.30. The summed E-state index contributed by atoms with van der Waals surface area (Å²) in [6.07, 6.45) is 6.70. The lowest BCUT2D eigenvalue weighted by atomic mass is 9.84. The third kappa shape index (κ3) is 3.45. The number of nitrogens with zero attached hydrogens (tertiary/aromatic N) is 2. The molecular formula is C23H30N2O2. The molecule has 0 amide bonds. The van der Waals surface area contributed by atoms with E-state index in [1.807, 2.05) is 13.0 Å². The third-order valence-corrected chi connectivity index (χ3v) is 7.07. The standard InChI is InChI=1S/C23H30N2O2/c1-16-2-7-20-19-8-9-24(15-21(19)23(26)27-22(20)12-16)10-11-25-13-17-3-4-18(14-25)6-5-17/h2,7,12,17-18H,3-6,8-11,13-15H2,1H3. The van der Waals surface area contributed by atoms with Crippen molar-refractivity contribution < 1.29 is 4.42 Å². The Labute approximate surface area is 161 Å². The third-order valence-electron chi connectivity index (χ3n) is 7.07. The van der Waals surface area contributed by atoms with Crippen molar-refractivity contribution in [1.29, 1.82) is 0 Å². The van der Waals surface area contributed by atoms with E-state index in [2.05, 4.69) is 21.9 Å². The molecule has 4 nitrogen and oxygen atoms in total. The van der Waals surface area contributed by atoms with Crippen LogP contribution in [0.15, 0.2) is 27.4 Å². The molecule has 3 fully saturated rings. The molecule has 2 saturated heterocycles. The van der Waals surface area contributed by atoms with Gasteiger partial charge in [0.05, 0.1) is 5.56 Å². The molecule has 0 atom stereocenters. The van der Waals surface area contributed by atoms with Gasteiger partial charge in [-0.25, -0.2) is 4.79 Å². The molecule has 27 heavy (non-hydrogen) atoms. The Kier molecular flexibility index (Phi) is 4.57. The summed E-state index contributed by atoms with van der Waals surface area (Å²) in [6, 6.07) is 6.22. The quantitative estimate of drug-likeness (QED) is 0.778.